The third-order valence-electron chi connectivity index (χ3n) is 3.85. The molecule has 24 heavy (non-hydrogen) atoms. The molecule has 0 aliphatic carbocycles. The van der Waals surface area contributed by atoms with Crippen molar-refractivity contribution < 1.29 is 22.4 Å². The molecule has 6 nitrogen and oxygen atoms in total. The van der Waals surface area contributed by atoms with Gasteiger partial charge in [-0.15, -0.1) is 0 Å². The summed E-state index contributed by atoms with van der Waals surface area (Å²) in [6.07, 6.45) is -3.35. The molecule has 0 N–H and O–H groups in total. The Morgan fingerprint density at radius 1 is 1.42 bits per heavy atom. The molecule has 0 spiro atoms. The molecule has 2 unspecified atom stereocenters. The lowest BCUT2D eigenvalue weighted by atomic mass is 10.2. The minimum Gasteiger partial charge on any atom is -0.380 e. The molecule has 1 saturated heterocycles. The second-order valence-electron chi connectivity index (χ2n) is 5.47. The van der Waals surface area contributed by atoms with Gasteiger partial charge in [-0.25, -0.2) is 4.98 Å². The number of methoxy groups -OCH3 is 1. The largest absolute Gasteiger partial charge is 0.417 e. The summed E-state index contributed by atoms with van der Waals surface area (Å²) >= 11 is 6.05. The lowest BCUT2D eigenvalue weighted by Gasteiger charge is -2.24. The van der Waals surface area contributed by atoms with E-state index in [-0.39, 0.29) is 23.0 Å². The van der Waals surface area contributed by atoms with E-state index in [9.17, 15) is 13.2 Å². The second kappa shape index (κ2) is 6.21. The summed E-state index contributed by atoms with van der Waals surface area (Å²) in [4.78, 5) is 9.83. The minimum absolute atomic E-state index is 0.0946. The molecular weight excluding hydrogens is 349 g/mol. The number of aryl methyl sites for hydroxylation is 1. The number of hydrogen-bond acceptors (Lipinski definition) is 6. The van der Waals surface area contributed by atoms with Gasteiger partial charge in [-0.2, -0.15) is 18.2 Å². The van der Waals surface area contributed by atoms with Crippen molar-refractivity contribution in [2.75, 3.05) is 18.6 Å². The number of nitrogens with zero attached hydrogens (tertiary/aromatic N) is 4. The van der Waals surface area contributed by atoms with Crippen LogP contribution in [0.2, 0.25) is 5.02 Å². The van der Waals surface area contributed by atoms with Crippen LogP contribution in [0.5, 0.6) is 0 Å². The van der Waals surface area contributed by atoms with Crippen LogP contribution >= 0.6 is 11.6 Å². The molecule has 3 heterocycles. The molecule has 0 bridgehead atoms. The van der Waals surface area contributed by atoms with E-state index in [1.165, 1.54) is 0 Å². The topological polar surface area (TPSA) is 64.3 Å². The van der Waals surface area contributed by atoms with Crippen LogP contribution in [-0.2, 0) is 10.9 Å². The molecule has 130 valence electrons. The van der Waals surface area contributed by atoms with Crippen LogP contribution in [0.4, 0.5) is 19.0 Å². The summed E-state index contributed by atoms with van der Waals surface area (Å²) in [6.45, 7) is 2.09. The molecule has 2 atom stereocenters. The van der Waals surface area contributed by atoms with E-state index in [1.54, 1.807) is 18.9 Å². The number of halogens is 4. The predicted octanol–water partition coefficient (Wildman–Crippen LogP) is 3.41. The van der Waals surface area contributed by atoms with Gasteiger partial charge in [0.1, 0.15) is 11.9 Å². The van der Waals surface area contributed by atoms with Gasteiger partial charge in [-0.3, -0.25) is 0 Å². The van der Waals surface area contributed by atoms with Crippen LogP contribution in [0.15, 0.2) is 16.8 Å². The minimum atomic E-state index is -4.50. The number of alkyl halides is 3. The maximum atomic E-state index is 12.8. The van der Waals surface area contributed by atoms with Crippen LogP contribution in [0, 0.1) is 6.92 Å². The van der Waals surface area contributed by atoms with Crippen molar-refractivity contribution in [2.45, 2.75) is 31.7 Å². The SMILES string of the molecule is COC1CC(c2nc(C)no2)N(c2ncc(C(F)(F)F)cc2Cl)C1. The summed E-state index contributed by atoms with van der Waals surface area (Å²) in [7, 11) is 1.56. The molecule has 1 aliphatic rings. The fourth-order valence-corrected chi connectivity index (χ4v) is 2.96. The number of anilines is 1. The fraction of sp³-hybridized carbons (Fsp3) is 0.500. The van der Waals surface area contributed by atoms with Gasteiger partial charge in [0.05, 0.1) is 16.7 Å². The Balaban J connectivity index is 1.96. The molecule has 10 heteroatoms. The molecule has 0 radical (unpaired) electrons. The summed E-state index contributed by atoms with van der Waals surface area (Å²) in [5.74, 6) is 1.05. The Bertz CT molecular complexity index is 737. The highest BCUT2D eigenvalue weighted by molar-refractivity contribution is 6.33. The van der Waals surface area contributed by atoms with E-state index < -0.39 is 11.7 Å². The van der Waals surface area contributed by atoms with Crippen LogP contribution in [0.1, 0.15) is 29.7 Å². The van der Waals surface area contributed by atoms with Crippen molar-refractivity contribution in [1.29, 1.82) is 0 Å². The molecule has 1 fully saturated rings. The zero-order valence-corrected chi connectivity index (χ0v) is 13.6. The lowest BCUT2D eigenvalue weighted by Crippen LogP contribution is -2.26. The average Bonchev–Trinajstić information content (AvgIpc) is 3.12. The number of hydrogen-bond donors (Lipinski definition) is 0. The maximum Gasteiger partial charge on any atom is 0.417 e. The quantitative estimate of drug-likeness (QED) is 0.833. The number of pyridine rings is 1. The standard InChI is InChI=1S/C14H14ClF3N4O2/c1-7-20-13(24-21-7)11-4-9(23-2)6-22(11)12-10(15)3-8(5-19-12)14(16,17)18/h3,5,9,11H,4,6H2,1-2H3. The number of aromatic nitrogens is 3. The molecular formula is C14H14ClF3N4O2. The zero-order chi connectivity index (χ0) is 17.5. The van der Waals surface area contributed by atoms with E-state index >= 15 is 0 Å². The third-order valence-corrected chi connectivity index (χ3v) is 4.12. The fourth-order valence-electron chi connectivity index (χ4n) is 2.68. The van der Waals surface area contributed by atoms with Crippen LogP contribution in [0.25, 0.3) is 0 Å². The third kappa shape index (κ3) is 3.18. The summed E-state index contributed by atoms with van der Waals surface area (Å²) in [6, 6.07) is 0.498. The van der Waals surface area contributed by atoms with Gasteiger partial charge in [-0.1, -0.05) is 16.8 Å². The monoisotopic (exact) mass is 362 g/mol. The first-order valence-corrected chi connectivity index (χ1v) is 7.49. The molecule has 2 aromatic rings. The van der Waals surface area contributed by atoms with Gasteiger partial charge in [0.2, 0.25) is 5.89 Å². The molecule has 2 aromatic heterocycles. The first-order chi connectivity index (χ1) is 11.3. The Labute approximate surface area is 140 Å². The normalized spacial score (nSPS) is 21.5. The summed E-state index contributed by atoms with van der Waals surface area (Å²) in [5.41, 5.74) is -0.899. The van der Waals surface area contributed by atoms with Crippen LogP contribution < -0.4 is 4.90 Å². The van der Waals surface area contributed by atoms with Crippen molar-refractivity contribution in [3.05, 3.63) is 34.6 Å². The smallest absolute Gasteiger partial charge is 0.380 e. The summed E-state index contributed by atoms with van der Waals surface area (Å²) < 4.78 is 48.9. The Hall–Kier alpha value is -1.87. The molecule has 0 aromatic carbocycles. The van der Waals surface area contributed by atoms with Gasteiger partial charge in [0.15, 0.2) is 5.82 Å². The van der Waals surface area contributed by atoms with E-state index in [0.717, 1.165) is 12.3 Å². The van der Waals surface area contributed by atoms with Gasteiger partial charge in [0.25, 0.3) is 0 Å². The van der Waals surface area contributed by atoms with E-state index in [0.29, 0.717) is 24.7 Å². The van der Waals surface area contributed by atoms with Gasteiger partial charge in [0, 0.05) is 26.3 Å². The maximum absolute atomic E-state index is 12.8. The highest BCUT2D eigenvalue weighted by Gasteiger charge is 2.39. The van der Waals surface area contributed by atoms with E-state index in [1.807, 2.05) is 0 Å². The highest BCUT2D eigenvalue weighted by atomic mass is 35.5. The van der Waals surface area contributed by atoms with E-state index in [4.69, 9.17) is 20.9 Å². The Kier molecular flexibility index (Phi) is 4.39. The van der Waals surface area contributed by atoms with Crippen molar-refractivity contribution in [3.8, 4) is 0 Å². The molecule has 0 amide bonds. The van der Waals surface area contributed by atoms with Crippen LogP contribution in [0.3, 0.4) is 0 Å². The van der Waals surface area contributed by atoms with Crippen molar-refractivity contribution in [2.24, 2.45) is 0 Å². The van der Waals surface area contributed by atoms with Crippen molar-refractivity contribution in [1.82, 2.24) is 15.1 Å². The van der Waals surface area contributed by atoms with E-state index in [2.05, 4.69) is 15.1 Å². The molecule has 0 saturated carbocycles. The molecule has 3 rings (SSSR count). The lowest BCUT2D eigenvalue weighted by molar-refractivity contribution is -0.137. The van der Waals surface area contributed by atoms with Crippen molar-refractivity contribution in [3.63, 3.8) is 0 Å². The zero-order valence-electron chi connectivity index (χ0n) is 12.8. The van der Waals surface area contributed by atoms with Crippen LogP contribution in [-0.4, -0.2) is 34.9 Å². The van der Waals surface area contributed by atoms with Crippen molar-refractivity contribution >= 4 is 17.4 Å². The first kappa shape index (κ1) is 17.0. The molecule has 1 aliphatic heterocycles. The number of rotatable bonds is 3. The highest BCUT2D eigenvalue weighted by Crippen LogP contribution is 2.40. The second-order valence-corrected chi connectivity index (χ2v) is 5.88. The average molecular weight is 363 g/mol. The first-order valence-electron chi connectivity index (χ1n) is 7.12. The van der Waals surface area contributed by atoms with Gasteiger partial charge in [-0.05, 0) is 13.0 Å². The summed E-state index contributed by atoms with van der Waals surface area (Å²) in [5, 5.41) is 3.66. The number of ether oxygens (including phenoxy) is 1. The Morgan fingerprint density at radius 2 is 2.17 bits per heavy atom. The van der Waals surface area contributed by atoms with Gasteiger partial charge >= 0.3 is 6.18 Å². The Morgan fingerprint density at radius 3 is 2.71 bits per heavy atom. The van der Waals surface area contributed by atoms with Gasteiger partial charge < -0.3 is 14.2 Å². The predicted molar refractivity (Wildman–Crippen MR) is 78.8 cm³/mol.